The SMILES string of the molecule is CC(C)(C)OC(=O)NCc1ccc(-c2ccnc3c2CCC(=O)N3)cc1. The van der Waals surface area contributed by atoms with E-state index >= 15 is 0 Å². The fourth-order valence-electron chi connectivity index (χ4n) is 2.85. The number of carbonyl (C=O) groups excluding carboxylic acids is 2. The van der Waals surface area contributed by atoms with Crippen molar-refractivity contribution < 1.29 is 14.3 Å². The van der Waals surface area contributed by atoms with Crippen molar-refractivity contribution in [2.75, 3.05) is 5.32 Å². The van der Waals surface area contributed by atoms with E-state index in [-0.39, 0.29) is 5.91 Å². The molecule has 1 aromatic carbocycles. The summed E-state index contributed by atoms with van der Waals surface area (Å²) in [4.78, 5) is 27.5. The van der Waals surface area contributed by atoms with E-state index in [4.69, 9.17) is 4.74 Å². The molecule has 2 aromatic rings. The first-order valence-corrected chi connectivity index (χ1v) is 8.66. The van der Waals surface area contributed by atoms with Crippen LogP contribution in [0.5, 0.6) is 0 Å². The van der Waals surface area contributed by atoms with Gasteiger partial charge >= 0.3 is 6.09 Å². The first-order chi connectivity index (χ1) is 12.3. The number of aromatic nitrogens is 1. The Morgan fingerprint density at radius 1 is 1.19 bits per heavy atom. The number of nitrogens with one attached hydrogen (secondary N) is 2. The number of rotatable bonds is 3. The summed E-state index contributed by atoms with van der Waals surface area (Å²) in [6.45, 7) is 5.90. The Balaban J connectivity index is 1.70. The van der Waals surface area contributed by atoms with Crippen LogP contribution in [0.25, 0.3) is 11.1 Å². The highest BCUT2D eigenvalue weighted by atomic mass is 16.6. The maximum Gasteiger partial charge on any atom is 0.407 e. The lowest BCUT2D eigenvalue weighted by atomic mass is 9.95. The predicted octanol–water partition coefficient (Wildman–Crippen LogP) is 3.66. The summed E-state index contributed by atoms with van der Waals surface area (Å²) in [6.07, 6.45) is 2.44. The molecule has 1 aromatic heterocycles. The molecular formula is C20H23N3O3. The van der Waals surface area contributed by atoms with Gasteiger partial charge in [0.25, 0.3) is 0 Å². The molecule has 0 bridgehead atoms. The lowest BCUT2D eigenvalue weighted by Gasteiger charge is -2.20. The normalized spacial score (nSPS) is 13.6. The molecule has 0 spiro atoms. The molecule has 2 N–H and O–H groups in total. The van der Waals surface area contributed by atoms with Crippen LogP contribution in [0.4, 0.5) is 10.6 Å². The van der Waals surface area contributed by atoms with Crippen molar-refractivity contribution >= 4 is 17.8 Å². The minimum absolute atomic E-state index is 0.00529. The number of hydrogen-bond acceptors (Lipinski definition) is 4. The zero-order chi connectivity index (χ0) is 18.7. The Kier molecular flexibility index (Phi) is 4.93. The largest absolute Gasteiger partial charge is 0.444 e. The lowest BCUT2D eigenvalue weighted by molar-refractivity contribution is -0.116. The standard InChI is InChI=1S/C20H23N3O3/c1-20(2,3)26-19(25)22-12-13-4-6-14(7-5-13)15-10-11-21-18-16(15)8-9-17(24)23-18/h4-7,10-11H,8-9,12H2,1-3H3,(H,22,25)(H,21,23,24). The Bertz CT molecular complexity index is 823. The van der Waals surface area contributed by atoms with Crippen molar-refractivity contribution in [3.63, 3.8) is 0 Å². The average molecular weight is 353 g/mol. The van der Waals surface area contributed by atoms with Gasteiger partial charge in [0.1, 0.15) is 11.4 Å². The molecule has 3 rings (SSSR count). The van der Waals surface area contributed by atoms with Gasteiger partial charge in [-0.3, -0.25) is 4.79 Å². The predicted molar refractivity (Wildman–Crippen MR) is 99.7 cm³/mol. The molecule has 0 saturated heterocycles. The molecule has 0 aliphatic carbocycles. The smallest absolute Gasteiger partial charge is 0.407 e. The van der Waals surface area contributed by atoms with Gasteiger partial charge in [0.05, 0.1) is 0 Å². The van der Waals surface area contributed by atoms with Crippen LogP contribution in [-0.2, 0) is 22.5 Å². The van der Waals surface area contributed by atoms with Crippen LogP contribution in [0.3, 0.4) is 0 Å². The summed E-state index contributed by atoms with van der Waals surface area (Å²) in [7, 11) is 0. The fourth-order valence-corrected chi connectivity index (χ4v) is 2.85. The van der Waals surface area contributed by atoms with Crippen molar-refractivity contribution in [2.24, 2.45) is 0 Å². The van der Waals surface area contributed by atoms with E-state index in [9.17, 15) is 9.59 Å². The van der Waals surface area contributed by atoms with E-state index in [1.165, 1.54) is 0 Å². The third-order valence-electron chi connectivity index (χ3n) is 4.02. The molecule has 0 fully saturated rings. The van der Waals surface area contributed by atoms with E-state index in [0.717, 1.165) is 22.3 Å². The topological polar surface area (TPSA) is 80.3 Å². The van der Waals surface area contributed by atoms with E-state index in [0.29, 0.717) is 25.2 Å². The minimum Gasteiger partial charge on any atom is -0.444 e. The molecule has 6 nitrogen and oxygen atoms in total. The summed E-state index contributed by atoms with van der Waals surface area (Å²) in [5, 5.41) is 5.57. The van der Waals surface area contributed by atoms with Crippen molar-refractivity contribution in [3.8, 4) is 11.1 Å². The number of benzene rings is 1. The van der Waals surface area contributed by atoms with Crippen LogP contribution in [0.1, 0.15) is 38.3 Å². The Morgan fingerprint density at radius 2 is 1.92 bits per heavy atom. The number of nitrogens with zero attached hydrogens (tertiary/aromatic N) is 1. The number of pyridine rings is 1. The van der Waals surface area contributed by atoms with Crippen molar-refractivity contribution in [2.45, 2.75) is 45.8 Å². The number of carbonyl (C=O) groups is 2. The second-order valence-electron chi connectivity index (χ2n) is 7.29. The molecule has 0 atom stereocenters. The summed E-state index contributed by atoms with van der Waals surface area (Å²) >= 11 is 0. The maximum absolute atomic E-state index is 11.7. The zero-order valence-electron chi connectivity index (χ0n) is 15.3. The Labute approximate surface area is 153 Å². The van der Waals surface area contributed by atoms with Gasteiger partial charge in [-0.25, -0.2) is 9.78 Å². The van der Waals surface area contributed by atoms with Gasteiger partial charge in [-0.1, -0.05) is 24.3 Å². The summed E-state index contributed by atoms with van der Waals surface area (Å²) < 4.78 is 5.23. The van der Waals surface area contributed by atoms with Gasteiger partial charge in [0.15, 0.2) is 0 Å². The molecule has 0 radical (unpaired) electrons. The summed E-state index contributed by atoms with van der Waals surface area (Å²) in [5.74, 6) is 0.653. The summed E-state index contributed by atoms with van der Waals surface area (Å²) in [6, 6.07) is 9.93. The van der Waals surface area contributed by atoms with Gasteiger partial charge in [-0.15, -0.1) is 0 Å². The lowest BCUT2D eigenvalue weighted by Crippen LogP contribution is -2.32. The van der Waals surface area contributed by atoms with E-state index < -0.39 is 11.7 Å². The fraction of sp³-hybridized carbons (Fsp3) is 0.350. The molecule has 6 heteroatoms. The first kappa shape index (κ1) is 17.9. The van der Waals surface area contributed by atoms with Crippen LogP contribution >= 0.6 is 0 Å². The first-order valence-electron chi connectivity index (χ1n) is 8.66. The second kappa shape index (κ2) is 7.15. The Morgan fingerprint density at radius 3 is 2.62 bits per heavy atom. The second-order valence-corrected chi connectivity index (χ2v) is 7.29. The van der Waals surface area contributed by atoms with E-state index in [2.05, 4.69) is 15.6 Å². The summed E-state index contributed by atoms with van der Waals surface area (Å²) in [5.41, 5.74) is 3.66. The monoisotopic (exact) mass is 353 g/mol. The van der Waals surface area contributed by atoms with E-state index in [1.807, 2.05) is 51.1 Å². The van der Waals surface area contributed by atoms with Gasteiger partial charge in [0.2, 0.25) is 5.91 Å². The van der Waals surface area contributed by atoms with Crippen molar-refractivity contribution in [1.82, 2.24) is 10.3 Å². The van der Waals surface area contributed by atoms with Crippen LogP contribution in [0.2, 0.25) is 0 Å². The van der Waals surface area contributed by atoms with Crippen LogP contribution in [-0.4, -0.2) is 22.6 Å². The van der Waals surface area contributed by atoms with Gasteiger partial charge in [-0.05, 0) is 49.9 Å². The molecule has 1 aliphatic heterocycles. The van der Waals surface area contributed by atoms with Gasteiger partial charge in [0, 0.05) is 24.7 Å². The minimum atomic E-state index is -0.510. The van der Waals surface area contributed by atoms with Crippen molar-refractivity contribution in [1.29, 1.82) is 0 Å². The zero-order valence-corrected chi connectivity index (χ0v) is 15.3. The van der Waals surface area contributed by atoms with Crippen LogP contribution in [0, 0.1) is 0 Å². The number of fused-ring (bicyclic) bond motifs is 1. The average Bonchev–Trinajstić information content (AvgIpc) is 2.58. The van der Waals surface area contributed by atoms with Crippen LogP contribution in [0.15, 0.2) is 36.5 Å². The number of amides is 2. The highest BCUT2D eigenvalue weighted by molar-refractivity contribution is 5.94. The quantitative estimate of drug-likeness (QED) is 0.882. The van der Waals surface area contributed by atoms with Crippen molar-refractivity contribution in [3.05, 3.63) is 47.7 Å². The number of alkyl carbamates (subject to hydrolysis) is 1. The molecule has 2 amide bonds. The Hall–Kier alpha value is -2.89. The molecular weight excluding hydrogens is 330 g/mol. The van der Waals surface area contributed by atoms with E-state index in [1.54, 1.807) is 6.20 Å². The number of anilines is 1. The molecule has 2 heterocycles. The van der Waals surface area contributed by atoms with Crippen LogP contribution < -0.4 is 10.6 Å². The third kappa shape index (κ3) is 4.39. The molecule has 0 unspecified atom stereocenters. The number of hydrogen-bond donors (Lipinski definition) is 2. The molecule has 136 valence electrons. The van der Waals surface area contributed by atoms with Gasteiger partial charge in [-0.2, -0.15) is 0 Å². The number of ether oxygens (including phenoxy) is 1. The highest BCUT2D eigenvalue weighted by Gasteiger charge is 2.19. The maximum atomic E-state index is 11.7. The molecule has 0 saturated carbocycles. The molecule has 26 heavy (non-hydrogen) atoms. The highest BCUT2D eigenvalue weighted by Crippen LogP contribution is 2.31. The van der Waals surface area contributed by atoms with Gasteiger partial charge < -0.3 is 15.4 Å². The third-order valence-corrected chi connectivity index (χ3v) is 4.02. The molecule has 1 aliphatic rings.